The number of anilines is 1. The van der Waals surface area contributed by atoms with Gasteiger partial charge in [0.15, 0.2) is 0 Å². The number of aromatic carboxylic acids is 1. The zero-order valence-corrected chi connectivity index (χ0v) is 11.4. The third kappa shape index (κ3) is 3.38. The van der Waals surface area contributed by atoms with Crippen molar-refractivity contribution in [3.05, 3.63) is 64.2 Å². The molecule has 0 saturated heterocycles. The molecule has 0 spiro atoms. The average Bonchev–Trinajstić information content (AvgIpc) is 2.46. The third-order valence-electron chi connectivity index (χ3n) is 2.69. The van der Waals surface area contributed by atoms with E-state index in [4.69, 9.17) is 22.0 Å². The number of hydrogen-bond acceptors (Lipinski definition) is 3. The Balaban J connectivity index is 2.33. The van der Waals surface area contributed by atoms with Gasteiger partial charge in [-0.15, -0.1) is 0 Å². The van der Waals surface area contributed by atoms with Crippen molar-refractivity contribution in [2.45, 2.75) is 0 Å². The van der Waals surface area contributed by atoms with Gasteiger partial charge in [-0.1, -0.05) is 23.7 Å². The van der Waals surface area contributed by atoms with Gasteiger partial charge in [-0.3, -0.25) is 4.79 Å². The molecule has 21 heavy (non-hydrogen) atoms. The maximum absolute atomic E-state index is 12.1. The number of nitrogens with zero attached hydrogens (tertiary/aromatic N) is 1. The predicted molar refractivity (Wildman–Crippen MR) is 77.5 cm³/mol. The van der Waals surface area contributed by atoms with E-state index < -0.39 is 11.9 Å². The van der Waals surface area contributed by atoms with Crippen molar-refractivity contribution in [2.24, 2.45) is 0 Å². The molecular weight excluding hydrogens is 292 g/mol. The van der Waals surface area contributed by atoms with Gasteiger partial charge in [-0.05, 0) is 30.3 Å². The van der Waals surface area contributed by atoms with Crippen LogP contribution in [0.15, 0.2) is 42.5 Å². The Morgan fingerprint density at radius 1 is 1.14 bits per heavy atom. The monoisotopic (exact) mass is 300 g/mol. The van der Waals surface area contributed by atoms with Crippen LogP contribution in [0.25, 0.3) is 0 Å². The number of amides is 1. The Bertz CT molecular complexity index is 766. The second kappa shape index (κ2) is 6.07. The van der Waals surface area contributed by atoms with Crippen LogP contribution in [-0.4, -0.2) is 17.0 Å². The molecule has 0 aliphatic carbocycles. The van der Waals surface area contributed by atoms with Gasteiger partial charge in [0.2, 0.25) is 0 Å². The average molecular weight is 301 g/mol. The minimum atomic E-state index is -1.19. The number of carbonyl (C=O) groups excluding carboxylic acids is 1. The summed E-state index contributed by atoms with van der Waals surface area (Å²) in [4.78, 5) is 23.2. The number of carboxylic acids is 1. The normalized spacial score (nSPS) is 9.71. The van der Waals surface area contributed by atoms with E-state index in [0.29, 0.717) is 16.3 Å². The molecule has 0 aromatic heterocycles. The van der Waals surface area contributed by atoms with E-state index in [9.17, 15) is 9.59 Å². The molecule has 0 radical (unpaired) electrons. The quantitative estimate of drug-likeness (QED) is 0.911. The second-order valence-corrected chi connectivity index (χ2v) is 4.58. The number of benzene rings is 2. The topological polar surface area (TPSA) is 90.2 Å². The molecule has 2 N–H and O–H groups in total. The summed E-state index contributed by atoms with van der Waals surface area (Å²) >= 11 is 5.84. The van der Waals surface area contributed by atoms with E-state index in [1.807, 2.05) is 6.07 Å². The first-order valence-corrected chi connectivity index (χ1v) is 6.23. The fraction of sp³-hybridized carbons (Fsp3) is 0. The van der Waals surface area contributed by atoms with Gasteiger partial charge in [-0.2, -0.15) is 5.26 Å². The first kappa shape index (κ1) is 14.6. The van der Waals surface area contributed by atoms with Crippen LogP contribution in [-0.2, 0) is 0 Å². The second-order valence-electron chi connectivity index (χ2n) is 4.15. The maximum Gasteiger partial charge on any atom is 0.336 e. The molecule has 2 aromatic rings. The summed E-state index contributed by atoms with van der Waals surface area (Å²) in [6.45, 7) is 0. The highest BCUT2D eigenvalue weighted by Crippen LogP contribution is 2.20. The van der Waals surface area contributed by atoms with Crippen LogP contribution in [0.2, 0.25) is 5.02 Å². The van der Waals surface area contributed by atoms with E-state index in [-0.39, 0.29) is 11.1 Å². The van der Waals surface area contributed by atoms with Crippen LogP contribution in [0, 0.1) is 11.3 Å². The van der Waals surface area contributed by atoms with Crippen molar-refractivity contribution in [1.82, 2.24) is 0 Å². The number of nitrogens with one attached hydrogen (secondary N) is 1. The van der Waals surface area contributed by atoms with Crippen molar-refractivity contribution in [3.8, 4) is 6.07 Å². The number of halogens is 1. The van der Waals surface area contributed by atoms with E-state index in [0.717, 1.165) is 0 Å². The number of carbonyl (C=O) groups is 2. The molecule has 0 fully saturated rings. The highest BCUT2D eigenvalue weighted by Gasteiger charge is 2.16. The summed E-state index contributed by atoms with van der Waals surface area (Å²) in [6.07, 6.45) is 0. The first-order valence-electron chi connectivity index (χ1n) is 5.85. The fourth-order valence-corrected chi connectivity index (χ4v) is 2.03. The first-order chi connectivity index (χ1) is 10.0. The molecule has 0 saturated carbocycles. The van der Waals surface area contributed by atoms with Gasteiger partial charge in [0.1, 0.15) is 0 Å². The Hall–Kier alpha value is -2.84. The number of hydrogen-bond donors (Lipinski definition) is 2. The van der Waals surface area contributed by atoms with Gasteiger partial charge >= 0.3 is 5.97 Å². The Labute approximate surface area is 125 Å². The van der Waals surface area contributed by atoms with Crippen LogP contribution in [0.5, 0.6) is 0 Å². The summed E-state index contributed by atoms with van der Waals surface area (Å²) in [5.74, 6) is -1.77. The van der Waals surface area contributed by atoms with E-state index >= 15 is 0 Å². The molecule has 0 atom stereocenters. The van der Waals surface area contributed by atoms with Gasteiger partial charge in [0, 0.05) is 10.7 Å². The minimum absolute atomic E-state index is 0.0310. The highest BCUT2D eigenvalue weighted by atomic mass is 35.5. The summed E-state index contributed by atoms with van der Waals surface area (Å²) in [7, 11) is 0. The number of carboxylic acid groups (broad SMARTS) is 1. The molecule has 5 nitrogen and oxygen atoms in total. The zero-order valence-electron chi connectivity index (χ0n) is 10.6. The molecule has 2 rings (SSSR count). The van der Waals surface area contributed by atoms with Gasteiger partial charge < -0.3 is 10.4 Å². The predicted octanol–water partition coefficient (Wildman–Crippen LogP) is 3.16. The lowest BCUT2D eigenvalue weighted by molar-refractivity contribution is 0.0692. The minimum Gasteiger partial charge on any atom is -0.478 e. The van der Waals surface area contributed by atoms with Crippen molar-refractivity contribution >= 4 is 29.2 Å². The van der Waals surface area contributed by atoms with Crippen LogP contribution >= 0.6 is 11.6 Å². The fourth-order valence-electron chi connectivity index (χ4n) is 1.79. The number of rotatable bonds is 3. The van der Waals surface area contributed by atoms with Crippen molar-refractivity contribution < 1.29 is 14.7 Å². The van der Waals surface area contributed by atoms with E-state index in [1.54, 1.807) is 6.07 Å². The largest absolute Gasteiger partial charge is 0.478 e. The molecule has 1 amide bonds. The third-order valence-corrected chi connectivity index (χ3v) is 2.91. The van der Waals surface area contributed by atoms with Crippen LogP contribution in [0.4, 0.5) is 5.69 Å². The lowest BCUT2D eigenvalue weighted by Crippen LogP contribution is -2.16. The van der Waals surface area contributed by atoms with Gasteiger partial charge in [-0.25, -0.2) is 4.79 Å². The maximum atomic E-state index is 12.1. The van der Waals surface area contributed by atoms with E-state index in [2.05, 4.69) is 5.32 Å². The molecule has 6 heteroatoms. The Morgan fingerprint density at radius 2 is 1.81 bits per heavy atom. The molecule has 104 valence electrons. The van der Waals surface area contributed by atoms with E-state index in [1.165, 1.54) is 36.4 Å². The van der Waals surface area contributed by atoms with Gasteiger partial charge in [0.25, 0.3) is 5.91 Å². The molecule has 0 heterocycles. The summed E-state index contributed by atoms with van der Waals surface area (Å²) in [6, 6.07) is 12.2. The summed E-state index contributed by atoms with van der Waals surface area (Å²) < 4.78 is 0. The van der Waals surface area contributed by atoms with Crippen molar-refractivity contribution in [3.63, 3.8) is 0 Å². The molecular formula is C15H9ClN2O3. The van der Waals surface area contributed by atoms with Crippen LogP contribution in [0.1, 0.15) is 26.3 Å². The Kier molecular flexibility index (Phi) is 4.21. The smallest absolute Gasteiger partial charge is 0.336 e. The lowest BCUT2D eigenvalue weighted by Gasteiger charge is -2.08. The summed E-state index contributed by atoms with van der Waals surface area (Å²) in [5.41, 5.74) is 0.551. The standard InChI is InChI=1S/C15H9ClN2O3/c16-10-5-9(8-17)6-11(7-10)18-14(19)12-3-1-2-4-13(12)15(20)21/h1-7H,(H,18,19)(H,20,21). The highest BCUT2D eigenvalue weighted by molar-refractivity contribution is 6.31. The van der Waals surface area contributed by atoms with Crippen LogP contribution < -0.4 is 5.32 Å². The molecule has 0 aliphatic rings. The van der Waals surface area contributed by atoms with Crippen LogP contribution in [0.3, 0.4) is 0 Å². The SMILES string of the molecule is N#Cc1cc(Cl)cc(NC(=O)c2ccccc2C(=O)O)c1. The Morgan fingerprint density at radius 3 is 2.43 bits per heavy atom. The summed E-state index contributed by atoms with van der Waals surface area (Å²) in [5, 5.41) is 20.8. The number of nitriles is 1. The van der Waals surface area contributed by atoms with Crippen molar-refractivity contribution in [2.75, 3.05) is 5.32 Å². The lowest BCUT2D eigenvalue weighted by atomic mass is 10.1. The molecule has 0 bridgehead atoms. The van der Waals surface area contributed by atoms with Crippen molar-refractivity contribution in [1.29, 1.82) is 5.26 Å². The molecule has 2 aromatic carbocycles. The molecule has 0 unspecified atom stereocenters. The zero-order chi connectivity index (χ0) is 15.4. The van der Waals surface area contributed by atoms with Gasteiger partial charge in [0.05, 0.1) is 22.8 Å². The molecule has 0 aliphatic heterocycles.